The van der Waals surface area contributed by atoms with Crippen molar-refractivity contribution in [2.45, 2.75) is 37.5 Å². The van der Waals surface area contributed by atoms with Crippen molar-refractivity contribution in [2.24, 2.45) is 10.4 Å². The molecule has 0 atom stereocenters. The van der Waals surface area contributed by atoms with Gasteiger partial charge in [0, 0.05) is 0 Å². The first kappa shape index (κ1) is 13.4. The van der Waals surface area contributed by atoms with Crippen LogP contribution in [0.5, 0.6) is 0 Å². The quantitative estimate of drug-likeness (QED) is 0.649. The van der Waals surface area contributed by atoms with Gasteiger partial charge < -0.3 is 0 Å². The summed E-state index contributed by atoms with van der Waals surface area (Å²) in [6.45, 7) is 0. The van der Waals surface area contributed by atoms with E-state index in [9.17, 15) is 9.81 Å². The van der Waals surface area contributed by atoms with Crippen molar-refractivity contribution in [3.05, 3.63) is 32.0 Å². The summed E-state index contributed by atoms with van der Waals surface area (Å²) in [6.07, 6.45) is 6.82. The number of rotatable bonds is 4. The molecule has 0 radical (unpaired) electrons. The summed E-state index contributed by atoms with van der Waals surface area (Å²) in [5.41, 5.74) is 0. The predicted octanol–water partition coefficient (Wildman–Crippen LogP) is 4.65. The van der Waals surface area contributed by atoms with E-state index < -0.39 is 16.9 Å². The zero-order chi connectivity index (χ0) is 12.8. The third-order valence-corrected chi connectivity index (χ3v) is 24.1. The first-order valence-corrected chi connectivity index (χ1v) is 22.9. The Bertz CT molecular complexity index is 424. The molecule has 1 rings (SSSR count). The van der Waals surface area contributed by atoms with Crippen molar-refractivity contribution in [1.82, 2.24) is 0 Å². The van der Waals surface area contributed by atoms with Gasteiger partial charge in [-0.2, -0.15) is 0 Å². The van der Waals surface area contributed by atoms with Crippen LogP contribution in [0.1, 0.15) is 6.42 Å². The van der Waals surface area contributed by atoms with E-state index in [1.165, 1.54) is 3.96 Å². The van der Waals surface area contributed by atoms with E-state index in [0.717, 1.165) is 6.42 Å². The Hall–Kier alpha value is -0.632. The van der Waals surface area contributed by atoms with Gasteiger partial charge in [-0.25, -0.2) is 0 Å². The topological polar surface area (TPSA) is 58.9 Å². The molecule has 0 fully saturated rings. The van der Waals surface area contributed by atoms with Crippen molar-refractivity contribution >= 4 is 0 Å². The van der Waals surface area contributed by atoms with E-state index in [2.05, 4.69) is 36.9 Å². The van der Waals surface area contributed by atoms with Crippen LogP contribution in [0.25, 0.3) is 0 Å². The average Bonchev–Trinajstić information content (AvgIpc) is 2.54. The van der Waals surface area contributed by atoms with Crippen molar-refractivity contribution < 1.29 is 12.3 Å². The molecule has 0 aromatic heterocycles. The molecule has 93 valence electrons. The van der Waals surface area contributed by atoms with Gasteiger partial charge in [0.25, 0.3) is 0 Å². The Balaban J connectivity index is 3.62. The molecular formula is C11H21N2O2W. The fraction of sp³-hybridized carbons (Fsp3) is 0.636. The van der Waals surface area contributed by atoms with Crippen LogP contribution in [-0.4, -0.2) is 4.56 Å². The van der Waals surface area contributed by atoms with Crippen LogP contribution >= 0.6 is 0 Å². The molecule has 0 unspecified atom stereocenters. The molecular weight excluding hydrogens is 376 g/mol. The molecule has 0 spiro atoms. The van der Waals surface area contributed by atoms with Gasteiger partial charge >= 0.3 is 92.2 Å². The minimum absolute atomic E-state index is 0.791. The molecule has 0 aromatic carbocycles. The van der Waals surface area contributed by atoms with Crippen molar-refractivity contribution in [2.75, 3.05) is 0 Å². The average molecular weight is 397 g/mol. The van der Waals surface area contributed by atoms with Gasteiger partial charge in [-0.15, -0.1) is 0 Å². The Morgan fingerprint density at radius 3 is 1.94 bits per heavy atom. The van der Waals surface area contributed by atoms with E-state index in [1.54, 1.807) is 0 Å². The zero-order valence-corrected chi connectivity index (χ0v) is 13.6. The summed E-state index contributed by atoms with van der Waals surface area (Å²) < 4.78 is 0.168. The maximum atomic E-state index is 11.0. The molecule has 1 aliphatic carbocycles. The van der Waals surface area contributed by atoms with Gasteiger partial charge in [0.2, 0.25) is 0 Å². The molecule has 0 aliphatic heterocycles. The summed E-state index contributed by atoms with van der Waals surface area (Å²) in [4.78, 5) is 22.0. The Kier molecular flexibility index (Phi) is 2.06. The molecule has 0 amide bonds. The van der Waals surface area contributed by atoms with E-state index in [0.29, 0.717) is 0 Å². The number of nitroso groups, excluding NO2 is 2. The number of hydrogen-bond donors (Lipinski definition) is 0. The van der Waals surface area contributed by atoms with E-state index in [1.807, 2.05) is 18.2 Å². The summed E-state index contributed by atoms with van der Waals surface area (Å²) in [5.74, 6) is 0. The molecule has 4 nitrogen and oxygen atoms in total. The Labute approximate surface area is 92.3 Å². The maximum absolute atomic E-state index is 11.0. The molecule has 16 heavy (non-hydrogen) atoms. The van der Waals surface area contributed by atoms with Crippen LogP contribution in [0.4, 0.5) is 0 Å². The zero-order valence-electron chi connectivity index (χ0n) is 10.6. The summed E-state index contributed by atoms with van der Waals surface area (Å²) >= 11 is -4.61. The normalized spacial score (nSPS) is 22.9. The molecule has 0 saturated carbocycles. The molecule has 0 heterocycles. The van der Waals surface area contributed by atoms with Crippen LogP contribution < -0.4 is 0 Å². The van der Waals surface area contributed by atoms with Crippen molar-refractivity contribution in [1.29, 1.82) is 0 Å². The molecule has 0 saturated heterocycles. The summed E-state index contributed by atoms with van der Waals surface area (Å²) in [7, 11) is 0. The van der Waals surface area contributed by atoms with Crippen molar-refractivity contribution in [3.63, 3.8) is 0 Å². The van der Waals surface area contributed by atoms with Gasteiger partial charge in [0.1, 0.15) is 0 Å². The molecule has 1 aliphatic rings. The van der Waals surface area contributed by atoms with Gasteiger partial charge in [-0.05, 0) is 0 Å². The molecule has 0 aromatic rings. The molecule has 0 bridgehead atoms. The third-order valence-electron chi connectivity index (χ3n) is 3.54. The number of allylic oxidation sites excluding steroid dienone is 4. The minimum atomic E-state index is -4.61. The number of nitrogens with zero attached hydrogens (tertiary/aromatic N) is 2. The monoisotopic (exact) mass is 397 g/mol. The second-order valence-corrected chi connectivity index (χ2v) is 57.6. The standard InChI is InChI=1S/C5H5.CHN2O2.5CH3.W/c1-2-4-5-3-1;4-2-1-3-5;;;;;;/h1-3H,4H2;1H;5*1H3;. The van der Waals surface area contributed by atoms with Crippen LogP contribution in [0.3, 0.4) is 0 Å². The third kappa shape index (κ3) is 1.73. The fourth-order valence-electron chi connectivity index (χ4n) is 1.90. The molecule has 0 N–H and O–H groups in total. The second kappa shape index (κ2) is 2.45. The Morgan fingerprint density at radius 2 is 1.62 bits per heavy atom. The SMILES string of the molecule is [CH3][W]([CH3])([CH3])([CH3])([CH3])([C]1=CC=CC1)[CH](N=O)N=O. The number of hydrogen-bond acceptors (Lipinski definition) is 4. The Morgan fingerprint density at radius 1 is 1.12 bits per heavy atom. The first-order valence-electron chi connectivity index (χ1n) is 5.08. The van der Waals surface area contributed by atoms with Crippen LogP contribution in [0.2, 0.25) is 26.6 Å². The van der Waals surface area contributed by atoms with E-state index in [-0.39, 0.29) is 0 Å². The fourth-order valence-corrected chi connectivity index (χ4v) is 13.0. The van der Waals surface area contributed by atoms with Gasteiger partial charge in [0.15, 0.2) is 0 Å². The van der Waals surface area contributed by atoms with Crippen molar-refractivity contribution in [3.8, 4) is 0 Å². The van der Waals surface area contributed by atoms with Gasteiger partial charge in [-0.3, -0.25) is 0 Å². The summed E-state index contributed by atoms with van der Waals surface area (Å²) in [5, 5.41) is 16.3. The van der Waals surface area contributed by atoms with E-state index >= 15 is 0 Å². The predicted molar refractivity (Wildman–Crippen MR) is 66.5 cm³/mol. The van der Waals surface area contributed by atoms with Crippen LogP contribution in [0.15, 0.2) is 32.5 Å². The first-order chi connectivity index (χ1) is 6.87. The van der Waals surface area contributed by atoms with E-state index in [4.69, 9.17) is 0 Å². The van der Waals surface area contributed by atoms with Crippen LogP contribution in [0, 0.1) is 9.81 Å². The summed E-state index contributed by atoms with van der Waals surface area (Å²) in [6, 6.07) is 0. The second-order valence-electron chi connectivity index (χ2n) is 8.20. The molecule has 5 heteroatoms. The van der Waals surface area contributed by atoms with Gasteiger partial charge in [0.05, 0.1) is 0 Å². The van der Waals surface area contributed by atoms with Gasteiger partial charge in [-0.1, -0.05) is 0 Å². The van der Waals surface area contributed by atoms with Crippen LogP contribution in [-0.2, 0) is 12.3 Å².